The molecule has 0 aromatic heterocycles. The molecule has 21 heavy (non-hydrogen) atoms. The van der Waals surface area contributed by atoms with Crippen LogP contribution in [0.5, 0.6) is 0 Å². The molecule has 0 saturated heterocycles. The third-order valence-corrected chi connectivity index (χ3v) is 5.16. The van der Waals surface area contributed by atoms with E-state index in [1.807, 2.05) is 7.11 Å². The second kappa shape index (κ2) is 6.93. The van der Waals surface area contributed by atoms with Gasteiger partial charge in [-0.1, -0.05) is 31.2 Å². The molecule has 0 amide bonds. The molecular formula is C19H31NO. The van der Waals surface area contributed by atoms with Gasteiger partial charge in [-0.2, -0.15) is 0 Å². The maximum Gasteiger partial charge on any atom is 0.0623 e. The van der Waals surface area contributed by atoms with Crippen molar-refractivity contribution >= 4 is 0 Å². The van der Waals surface area contributed by atoms with Crippen molar-refractivity contribution in [3.8, 4) is 0 Å². The lowest BCUT2D eigenvalue weighted by molar-refractivity contribution is 0.00762. The Morgan fingerprint density at radius 3 is 2.76 bits per heavy atom. The van der Waals surface area contributed by atoms with Crippen molar-refractivity contribution in [3.63, 3.8) is 0 Å². The summed E-state index contributed by atoms with van der Waals surface area (Å²) in [7, 11) is 1.83. The molecule has 2 rings (SSSR count). The van der Waals surface area contributed by atoms with Gasteiger partial charge in [0, 0.05) is 19.1 Å². The van der Waals surface area contributed by atoms with Gasteiger partial charge in [-0.05, 0) is 63.6 Å². The predicted octanol–water partition coefficient (Wildman–Crippen LogP) is 4.08. The summed E-state index contributed by atoms with van der Waals surface area (Å²) in [6.45, 7) is 8.71. The van der Waals surface area contributed by atoms with E-state index in [2.05, 4.69) is 50.4 Å². The fourth-order valence-electron chi connectivity index (χ4n) is 3.55. The van der Waals surface area contributed by atoms with E-state index < -0.39 is 0 Å². The zero-order chi connectivity index (χ0) is 15.3. The maximum atomic E-state index is 5.65. The van der Waals surface area contributed by atoms with Crippen LogP contribution in [-0.4, -0.2) is 25.8 Å². The van der Waals surface area contributed by atoms with Gasteiger partial charge >= 0.3 is 0 Å². The molecule has 1 unspecified atom stereocenters. The molecule has 1 aliphatic carbocycles. The molecule has 0 saturated carbocycles. The first-order valence-corrected chi connectivity index (χ1v) is 8.37. The summed E-state index contributed by atoms with van der Waals surface area (Å²) in [5.41, 5.74) is 3.37. The van der Waals surface area contributed by atoms with E-state index in [4.69, 9.17) is 4.74 Å². The average Bonchev–Trinajstić information content (AvgIpc) is 2.51. The van der Waals surface area contributed by atoms with Crippen molar-refractivity contribution in [1.29, 1.82) is 0 Å². The van der Waals surface area contributed by atoms with Crippen LogP contribution in [0.4, 0.5) is 0 Å². The van der Waals surface area contributed by atoms with Crippen LogP contribution in [0.2, 0.25) is 0 Å². The van der Waals surface area contributed by atoms with Gasteiger partial charge in [0.1, 0.15) is 0 Å². The van der Waals surface area contributed by atoms with Crippen LogP contribution in [0.15, 0.2) is 24.3 Å². The lowest BCUT2D eigenvalue weighted by atomic mass is 9.66. The third kappa shape index (κ3) is 3.87. The Labute approximate surface area is 130 Å². The zero-order valence-electron chi connectivity index (χ0n) is 14.2. The minimum Gasteiger partial charge on any atom is -0.379 e. The van der Waals surface area contributed by atoms with Crippen LogP contribution in [-0.2, 0) is 16.6 Å². The van der Waals surface area contributed by atoms with Crippen molar-refractivity contribution < 1.29 is 4.74 Å². The summed E-state index contributed by atoms with van der Waals surface area (Å²) in [6.07, 6.45) is 6.12. The van der Waals surface area contributed by atoms with E-state index in [1.165, 1.54) is 25.7 Å². The van der Waals surface area contributed by atoms with Crippen molar-refractivity contribution in [3.05, 3.63) is 35.4 Å². The highest BCUT2D eigenvalue weighted by molar-refractivity contribution is 5.37. The van der Waals surface area contributed by atoms with Crippen molar-refractivity contribution in [1.82, 2.24) is 5.32 Å². The molecule has 0 radical (unpaired) electrons. The average molecular weight is 289 g/mol. The van der Waals surface area contributed by atoms with Gasteiger partial charge in [0.15, 0.2) is 0 Å². The summed E-state index contributed by atoms with van der Waals surface area (Å²) in [6, 6.07) is 9.05. The maximum absolute atomic E-state index is 5.65. The Bertz CT molecular complexity index is 455. The van der Waals surface area contributed by atoms with Crippen LogP contribution in [0.3, 0.4) is 0 Å². The Morgan fingerprint density at radius 1 is 1.29 bits per heavy atom. The molecule has 0 aliphatic heterocycles. The smallest absolute Gasteiger partial charge is 0.0623 e. The van der Waals surface area contributed by atoms with Gasteiger partial charge in [-0.3, -0.25) is 0 Å². The van der Waals surface area contributed by atoms with Gasteiger partial charge in [0.2, 0.25) is 0 Å². The van der Waals surface area contributed by atoms with E-state index in [1.54, 1.807) is 11.1 Å². The molecule has 118 valence electrons. The van der Waals surface area contributed by atoms with Crippen LogP contribution >= 0.6 is 0 Å². The van der Waals surface area contributed by atoms with Gasteiger partial charge in [0.25, 0.3) is 0 Å². The highest BCUT2D eigenvalue weighted by Gasteiger charge is 2.37. The molecule has 1 aromatic carbocycles. The number of hydrogen-bond acceptors (Lipinski definition) is 2. The first kappa shape index (κ1) is 16.5. The van der Waals surface area contributed by atoms with Crippen LogP contribution in [0.1, 0.15) is 57.6 Å². The second-order valence-corrected chi connectivity index (χ2v) is 7.04. The Balaban J connectivity index is 2.26. The predicted molar refractivity (Wildman–Crippen MR) is 89.9 cm³/mol. The molecule has 1 aliphatic rings. The Morgan fingerprint density at radius 2 is 2.05 bits per heavy atom. The molecule has 1 aromatic rings. The topological polar surface area (TPSA) is 21.3 Å². The number of aryl methyl sites for hydroxylation is 1. The van der Waals surface area contributed by atoms with Crippen LogP contribution in [0, 0.1) is 0 Å². The van der Waals surface area contributed by atoms with Crippen LogP contribution < -0.4 is 5.32 Å². The van der Waals surface area contributed by atoms with Crippen LogP contribution in [0.25, 0.3) is 0 Å². The monoisotopic (exact) mass is 289 g/mol. The molecule has 2 heteroatoms. The number of fused-ring (bicyclic) bond motifs is 1. The molecule has 0 fully saturated rings. The molecular weight excluding hydrogens is 258 g/mol. The minimum absolute atomic E-state index is 0.0361. The zero-order valence-corrected chi connectivity index (χ0v) is 14.2. The summed E-state index contributed by atoms with van der Waals surface area (Å²) in [5.74, 6) is 0. The standard InChI is InChI=1S/C19H31NO/c1-5-20-15-19(14-13-18(2,3)21-4)12-8-10-16-9-6-7-11-17(16)19/h6-7,9,11,20H,5,8,10,12-15H2,1-4H3. The minimum atomic E-state index is -0.0361. The number of hydrogen-bond donors (Lipinski definition) is 1. The third-order valence-electron chi connectivity index (χ3n) is 5.16. The van der Waals surface area contributed by atoms with E-state index in [0.29, 0.717) is 0 Å². The van der Waals surface area contributed by atoms with Gasteiger partial charge in [-0.25, -0.2) is 0 Å². The van der Waals surface area contributed by atoms with Gasteiger partial charge < -0.3 is 10.1 Å². The number of likely N-dealkylation sites (N-methyl/N-ethyl adjacent to an activating group) is 1. The largest absolute Gasteiger partial charge is 0.379 e. The van der Waals surface area contributed by atoms with E-state index in [9.17, 15) is 0 Å². The van der Waals surface area contributed by atoms with Gasteiger partial charge in [0.05, 0.1) is 5.60 Å². The highest BCUT2D eigenvalue weighted by Crippen LogP contribution is 2.41. The number of nitrogens with one attached hydrogen (secondary N) is 1. The number of methoxy groups -OCH3 is 1. The number of rotatable bonds is 7. The van der Waals surface area contributed by atoms with E-state index in [-0.39, 0.29) is 11.0 Å². The number of benzene rings is 1. The second-order valence-electron chi connectivity index (χ2n) is 7.04. The summed E-state index contributed by atoms with van der Waals surface area (Å²) >= 11 is 0. The first-order valence-electron chi connectivity index (χ1n) is 8.37. The number of ether oxygens (including phenoxy) is 1. The Hall–Kier alpha value is -0.860. The highest BCUT2D eigenvalue weighted by atomic mass is 16.5. The molecule has 0 bridgehead atoms. The van der Waals surface area contributed by atoms with Crippen molar-refractivity contribution in [2.24, 2.45) is 0 Å². The van der Waals surface area contributed by atoms with Gasteiger partial charge in [-0.15, -0.1) is 0 Å². The lowest BCUT2D eigenvalue weighted by Gasteiger charge is -2.41. The first-order chi connectivity index (χ1) is 10.0. The molecule has 1 N–H and O–H groups in total. The quantitative estimate of drug-likeness (QED) is 0.817. The molecule has 0 heterocycles. The summed E-state index contributed by atoms with van der Waals surface area (Å²) in [5, 5.41) is 3.61. The van der Waals surface area contributed by atoms with E-state index in [0.717, 1.165) is 19.5 Å². The Kier molecular flexibility index (Phi) is 5.45. The normalized spacial score (nSPS) is 22.1. The van der Waals surface area contributed by atoms with Crippen molar-refractivity contribution in [2.45, 2.75) is 63.9 Å². The molecule has 1 atom stereocenters. The summed E-state index contributed by atoms with van der Waals surface area (Å²) < 4.78 is 5.65. The molecule has 2 nitrogen and oxygen atoms in total. The summed E-state index contributed by atoms with van der Waals surface area (Å²) in [4.78, 5) is 0. The molecule has 0 spiro atoms. The fraction of sp³-hybridized carbons (Fsp3) is 0.684. The SMILES string of the molecule is CCNCC1(CCC(C)(C)OC)CCCc2ccccc21. The lowest BCUT2D eigenvalue weighted by Crippen LogP contribution is -2.42. The van der Waals surface area contributed by atoms with E-state index >= 15 is 0 Å². The van der Waals surface area contributed by atoms with Crippen molar-refractivity contribution in [2.75, 3.05) is 20.2 Å². The fourth-order valence-corrected chi connectivity index (χ4v) is 3.55.